The number of ether oxygens (including phenoxy) is 1. The van der Waals surface area contributed by atoms with Gasteiger partial charge in [-0.1, -0.05) is 32.0 Å². The third kappa shape index (κ3) is 1.94. The number of rotatable bonds is 3. The minimum absolute atomic E-state index is 0.218. The van der Waals surface area contributed by atoms with Gasteiger partial charge < -0.3 is 14.5 Å². The van der Waals surface area contributed by atoms with Gasteiger partial charge in [-0.25, -0.2) is 0 Å². The van der Waals surface area contributed by atoms with Crippen molar-refractivity contribution in [1.29, 1.82) is 0 Å². The van der Waals surface area contributed by atoms with E-state index in [1.165, 1.54) is 5.56 Å². The average molecular weight is 257 g/mol. The maximum absolute atomic E-state index is 6.34. The molecule has 0 saturated heterocycles. The van der Waals surface area contributed by atoms with E-state index >= 15 is 0 Å². The third-order valence-corrected chi connectivity index (χ3v) is 3.99. The highest BCUT2D eigenvalue weighted by Crippen LogP contribution is 2.45. The molecule has 0 bridgehead atoms. The Kier molecular flexibility index (Phi) is 3.07. The quantitative estimate of drug-likeness (QED) is 0.883. The molecular weight excluding hydrogens is 238 g/mol. The van der Waals surface area contributed by atoms with Crippen molar-refractivity contribution in [2.24, 2.45) is 0 Å². The zero-order valence-electron chi connectivity index (χ0n) is 11.3. The molecule has 19 heavy (non-hydrogen) atoms. The maximum atomic E-state index is 6.34. The molecule has 0 aliphatic carbocycles. The molecule has 1 aliphatic rings. The Morgan fingerprint density at radius 2 is 1.89 bits per heavy atom. The molecule has 1 unspecified atom stereocenters. The lowest BCUT2D eigenvalue weighted by atomic mass is 9.85. The second-order valence-electron chi connectivity index (χ2n) is 4.90. The summed E-state index contributed by atoms with van der Waals surface area (Å²) < 4.78 is 11.8. The summed E-state index contributed by atoms with van der Waals surface area (Å²) in [6.07, 6.45) is 3.35. The van der Waals surface area contributed by atoms with Gasteiger partial charge in [0.1, 0.15) is 0 Å². The van der Waals surface area contributed by atoms with E-state index in [-0.39, 0.29) is 11.8 Å². The highest BCUT2D eigenvalue weighted by atomic mass is 16.5. The molecule has 0 spiro atoms. The Morgan fingerprint density at radius 1 is 1.11 bits per heavy atom. The van der Waals surface area contributed by atoms with Gasteiger partial charge in [0.2, 0.25) is 0 Å². The van der Waals surface area contributed by atoms with Gasteiger partial charge in [0.25, 0.3) is 0 Å². The van der Waals surface area contributed by atoms with E-state index in [1.54, 1.807) is 6.26 Å². The normalized spacial score (nSPS) is 20.6. The van der Waals surface area contributed by atoms with Crippen LogP contribution in [-0.4, -0.2) is 0 Å². The minimum Gasteiger partial charge on any atom is -0.465 e. The molecule has 0 fully saturated rings. The number of nitrogens with one attached hydrogen (secondary N) is 1. The number of anilines is 1. The predicted octanol–water partition coefficient (Wildman–Crippen LogP) is 4.44. The van der Waals surface area contributed by atoms with Crippen LogP contribution >= 0.6 is 0 Å². The molecule has 1 aromatic carbocycles. The second kappa shape index (κ2) is 4.74. The number of fused-ring (bicyclic) bond motifs is 1. The summed E-state index contributed by atoms with van der Waals surface area (Å²) in [5, 5.41) is 3.41. The summed E-state index contributed by atoms with van der Waals surface area (Å²) in [4.78, 5) is 0. The molecule has 1 aliphatic heterocycles. The van der Waals surface area contributed by atoms with E-state index in [1.807, 2.05) is 18.2 Å². The molecule has 2 aromatic rings. The molecule has 0 radical (unpaired) electrons. The van der Waals surface area contributed by atoms with Crippen LogP contribution in [-0.2, 0) is 10.3 Å². The largest absolute Gasteiger partial charge is 0.465 e. The van der Waals surface area contributed by atoms with Gasteiger partial charge in [-0.15, -0.1) is 0 Å². The van der Waals surface area contributed by atoms with E-state index < -0.39 is 0 Å². The summed E-state index contributed by atoms with van der Waals surface area (Å²) >= 11 is 0. The highest BCUT2D eigenvalue weighted by molar-refractivity contribution is 5.56. The van der Waals surface area contributed by atoms with Gasteiger partial charge in [0.15, 0.2) is 12.0 Å². The van der Waals surface area contributed by atoms with Crippen molar-refractivity contribution in [2.75, 3.05) is 5.32 Å². The Morgan fingerprint density at radius 3 is 2.58 bits per heavy atom. The van der Waals surface area contributed by atoms with Gasteiger partial charge in [0, 0.05) is 11.3 Å². The van der Waals surface area contributed by atoms with Crippen molar-refractivity contribution in [3.63, 3.8) is 0 Å². The molecule has 3 heteroatoms. The topological polar surface area (TPSA) is 34.4 Å². The number of hydrogen-bond acceptors (Lipinski definition) is 3. The highest BCUT2D eigenvalue weighted by Gasteiger charge is 2.39. The maximum Gasteiger partial charge on any atom is 0.187 e. The summed E-state index contributed by atoms with van der Waals surface area (Å²) in [5.41, 5.74) is 2.14. The predicted molar refractivity (Wildman–Crippen MR) is 74.9 cm³/mol. The molecule has 1 atom stereocenters. The first-order valence-electron chi connectivity index (χ1n) is 6.86. The van der Waals surface area contributed by atoms with Crippen LogP contribution in [0.4, 0.5) is 5.69 Å². The fraction of sp³-hybridized carbons (Fsp3) is 0.375. The lowest BCUT2D eigenvalue weighted by Gasteiger charge is -2.42. The van der Waals surface area contributed by atoms with Crippen LogP contribution in [0.5, 0.6) is 0 Å². The van der Waals surface area contributed by atoms with E-state index in [9.17, 15) is 0 Å². The number of furan rings is 1. The van der Waals surface area contributed by atoms with Crippen LogP contribution in [0, 0.1) is 0 Å². The molecule has 1 aromatic heterocycles. The van der Waals surface area contributed by atoms with Gasteiger partial charge in [0.05, 0.1) is 11.9 Å². The van der Waals surface area contributed by atoms with Gasteiger partial charge in [-0.3, -0.25) is 0 Å². The first kappa shape index (κ1) is 12.3. The monoisotopic (exact) mass is 257 g/mol. The van der Waals surface area contributed by atoms with E-state index in [2.05, 4.69) is 37.4 Å². The van der Waals surface area contributed by atoms with Crippen LogP contribution in [0.3, 0.4) is 0 Å². The van der Waals surface area contributed by atoms with Crippen molar-refractivity contribution in [3.8, 4) is 0 Å². The van der Waals surface area contributed by atoms with Crippen LogP contribution < -0.4 is 5.32 Å². The first-order valence-corrected chi connectivity index (χ1v) is 6.86. The Labute approximate surface area is 113 Å². The van der Waals surface area contributed by atoms with E-state index in [0.29, 0.717) is 0 Å². The molecular formula is C16H19NO2. The third-order valence-electron chi connectivity index (χ3n) is 3.99. The lowest BCUT2D eigenvalue weighted by molar-refractivity contribution is -0.110. The van der Waals surface area contributed by atoms with Gasteiger partial charge in [-0.05, 0) is 31.0 Å². The van der Waals surface area contributed by atoms with Crippen LogP contribution in [0.1, 0.15) is 44.2 Å². The summed E-state index contributed by atoms with van der Waals surface area (Å²) in [7, 11) is 0. The Bertz CT molecular complexity index is 544. The van der Waals surface area contributed by atoms with Crippen LogP contribution in [0.15, 0.2) is 47.1 Å². The van der Waals surface area contributed by atoms with E-state index in [0.717, 1.165) is 24.3 Å². The van der Waals surface area contributed by atoms with Crippen molar-refractivity contribution in [3.05, 3.63) is 54.0 Å². The Hall–Kier alpha value is -1.74. The number of benzene rings is 1. The molecule has 3 rings (SSSR count). The number of hydrogen-bond donors (Lipinski definition) is 1. The zero-order chi connectivity index (χ0) is 13.3. The summed E-state index contributed by atoms with van der Waals surface area (Å²) in [6.45, 7) is 4.34. The summed E-state index contributed by atoms with van der Waals surface area (Å²) in [5.74, 6) is 0.820. The van der Waals surface area contributed by atoms with Crippen LogP contribution in [0.25, 0.3) is 0 Å². The number of para-hydroxylation sites is 1. The van der Waals surface area contributed by atoms with E-state index in [4.69, 9.17) is 9.15 Å². The Balaban J connectivity index is 2.06. The smallest absolute Gasteiger partial charge is 0.187 e. The fourth-order valence-corrected chi connectivity index (χ4v) is 2.83. The molecule has 3 nitrogen and oxygen atoms in total. The molecule has 1 N–H and O–H groups in total. The molecule has 100 valence electrons. The van der Waals surface area contributed by atoms with Crippen LogP contribution in [0.2, 0.25) is 0 Å². The second-order valence-corrected chi connectivity index (χ2v) is 4.90. The van der Waals surface area contributed by atoms with Gasteiger partial charge >= 0.3 is 0 Å². The SMILES string of the molecule is CCC1(CC)OC(c2ccco2)Nc2ccccc21. The fourth-order valence-electron chi connectivity index (χ4n) is 2.83. The van der Waals surface area contributed by atoms with Crippen molar-refractivity contribution < 1.29 is 9.15 Å². The molecule has 2 heterocycles. The molecule has 0 saturated carbocycles. The van der Waals surface area contributed by atoms with Crippen molar-refractivity contribution in [1.82, 2.24) is 0 Å². The van der Waals surface area contributed by atoms with Crippen molar-refractivity contribution in [2.45, 2.75) is 38.5 Å². The zero-order valence-corrected chi connectivity index (χ0v) is 11.3. The van der Waals surface area contributed by atoms with Crippen molar-refractivity contribution >= 4 is 5.69 Å². The minimum atomic E-state index is -0.237. The lowest BCUT2D eigenvalue weighted by Crippen LogP contribution is -2.37. The molecule has 0 amide bonds. The summed E-state index contributed by atoms with van der Waals surface area (Å²) in [6, 6.07) is 12.2. The standard InChI is InChI=1S/C16H19NO2/c1-3-16(4-2)12-8-5-6-9-13(12)17-15(19-16)14-10-7-11-18-14/h5-11,15,17H,3-4H2,1-2H3. The van der Waals surface area contributed by atoms with Gasteiger partial charge in [-0.2, -0.15) is 0 Å². The first-order chi connectivity index (χ1) is 9.29. The average Bonchev–Trinajstić information content (AvgIpc) is 3.00.